The first-order valence-electron chi connectivity index (χ1n) is 7.86. The van der Waals surface area contributed by atoms with Gasteiger partial charge >= 0.3 is 0 Å². The normalized spacial score (nSPS) is 17.3. The molecule has 0 radical (unpaired) electrons. The van der Waals surface area contributed by atoms with Crippen molar-refractivity contribution in [1.29, 1.82) is 0 Å². The maximum Gasteiger partial charge on any atom is 0.252 e. The Labute approximate surface area is 154 Å². The second kappa shape index (κ2) is 6.61. The van der Waals surface area contributed by atoms with Crippen molar-refractivity contribution in [3.63, 3.8) is 0 Å². The molecule has 1 aliphatic heterocycles. The average Bonchev–Trinajstić information content (AvgIpc) is 3.26. The van der Waals surface area contributed by atoms with Crippen molar-refractivity contribution >= 4 is 39.2 Å². The lowest BCUT2D eigenvalue weighted by Gasteiger charge is -2.33. The predicted molar refractivity (Wildman–Crippen MR) is 98.7 cm³/mol. The molecular weight excluding hydrogens is 378 g/mol. The van der Waals surface area contributed by atoms with E-state index in [2.05, 4.69) is 10.00 Å². The van der Waals surface area contributed by atoms with E-state index >= 15 is 0 Å². The van der Waals surface area contributed by atoms with Crippen LogP contribution in [0.5, 0.6) is 0 Å². The molecule has 25 heavy (non-hydrogen) atoms. The lowest BCUT2D eigenvalue weighted by atomic mass is 10.4. The van der Waals surface area contributed by atoms with Gasteiger partial charge in [0.15, 0.2) is 5.65 Å². The molecule has 3 aromatic heterocycles. The molecule has 0 spiro atoms. The van der Waals surface area contributed by atoms with Gasteiger partial charge in [-0.25, -0.2) is 13.1 Å². The average molecular weight is 396 g/mol. The molecule has 0 aliphatic carbocycles. The minimum atomic E-state index is -3.37. The topological polar surface area (TPSA) is 62.9 Å². The molecule has 1 saturated heterocycles. The van der Waals surface area contributed by atoms with Gasteiger partial charge in [-0.05, 0) is 35.8 Å². The number of fused-ring (bicyclic) bond motifs is 1. The monoisotopic (exact) mass is 395 g/mol. The number of pyridine rings is 1. The molecule has 132 valence electrons. The van der Waals surface area contributed by atoms with Crippen LogP contribution in [0.2, 0.25) is 0 Å². The summed E-state index contributed by atoms with van der Waals surface area (Å²) in [6.07, 6.45) is 1.90. The van der Waals surface area contributed by atoms with Crippen LogP contribution >= 0.6 is 23.6 Å². The van der Waals surface area contributed by atoms with Gasteiger partial charge < -0.3 is 0 Å². The highest BCUT2D eigenvalue weighted by atomic mass is 32.2. The fraction of sp³-hybridized carbons (Fsp3) is 0.333. The predicted octanol–water partition coefficient (Wildman–Crippen LogP) is 1.89. The quantitative estimate of drug-likeness (QED) is 0.632. The van der Waals surface area contributed by atoms with Crippen LogP contribution in [0.15, 0.2) is 46.1 Å². The first kappa shape index (κ1) is 16.9. The lowest BCUT2D eigenvalue weighted by molar-refractivity contribution is 0.145. The molecule has 0 aromatic carbocycles. The maximum atomic E-state index is 12.6. The molecule has 0 unspecified atom stereocenters. The summed E-state index contributed by atoms with van der Waals surface area (Å²) in [5.74, 6) is 0. The van der Waals surface area contributed by atoms with E-state index in [0.717, 1.165) is 5.65 Å². The molecule has 10 heteroatoms. The van der Waals surface area contributed by atoms with E-state index in [9.17, 15) is 8.42 Å². The maximum absolute atomic E-state index is 12.6. The summed E-state index contributed by atoms with van der Waals surface area (Å²) in [4.78, 5) is 2.17. The van der Waals surface area contributed by atoms with E-state index in [4.69, 9.17) is 12.2 Å². The standard InChI is InChI=1S/C15H17N5O2S3/c21-25(22,14-5-3-11-24-14)18-9-7-17(8-10-18)12-20-15(23)19-6-2-1-4-13(19)16-20/h1-6,11H,7-10,12H2. The van der Waals surface area contributed by atoms with Crippen molar-refractivity contribution in [3.8, 4) is 0 Å². The van der Waals surface area contributed by atoms with E-state index in [-0.39, 0.29) is 0 Å². The smallest absolute Gasteiger partial charge is 0.252 e. The van der Waals surface area contributed by atoms with E-state index in [0.29, 0.717) is 41.8 Å². The third kappa shape index (κ3) is 3.15. The van der Waals surface area contributed by atoms with Gasteiger partial charge in [-0.2, -0.15) is 9.40 Å². The molecule has 7 nitrogen and oxygen atoms in total. The Morgan fingerprint density at radius 2 is 1.92 bits per heavy atom. The van der Waals surface area contributed by atoms with Crippen LogP contribution in [0.1, 0.15) is 0 Å². The van der Waals surface area contributed by atoms with Crippen molar-refractivity contribution in [3.05, 3.63) is 46.7 Å². The fourth-order valence-electron chi connectivity index (χ4n) is 2.90. The van der Waals surface area contributed by atoms with Gasteiger partial charge in [0.2, 0.25) is 4.77 Å². The van der Waals surface area contributed by atoms with Gasteiger partial charge in [0.05, 0.1) is 6.67 Å². The van der Waals surface area contributed by atoms with Crippen molar-refractivity contribution in [2.24, 2.45) is 0 Å². The zero-order valence-electron chi connectivity index (χ0n) is 13.4. The fourth-order valence-corrected chi connectivity index (χ4v) is 5.72. The second-order valence-electron chi connectivity index (χ2n) is 5.81. The van der Waals surface area contributed by atoms with Crippen molar-refractivity contribution in [1.82, 2.24) is 23.4 Å². The van der Waals surface area contributed by atoms with E-state index < -0.39 is 10.0 Å². The summed E-state index contributed by atoms with van der Waals surface area (Å²) in [6.45, 7) is 2.82. The van der Waals surface area contributed by atoms with Gasteiger partial charge in [0.1, 0.15) is 4.21 Å². The van der Waals surface area contributed by atoms with Gasteiger partial charge in [0, 0.05) is 32.4 Å². The molecule has 0 N–H and O–H groups in total. The molecule has 0 bridgehead atoms. The van der Waals surface area contributed by atoms with Crippen LogP contribution < -0.4 is 0 Å². The van der Waals surface area contributed by atoms with E-state index in [1.165, 1.54) is 11.3 Å². The van der Waals surface area contributed by atoms with Crippen LogP contribution in [0, 0.1) is 4.77 Å². The van der Waals surface area contributed by atoms with Crippen LogP contribution in [0.25, 0.3) is 5.65 Å². The van der Waals surface area contributed by atoms with Crippen LogP contribution in [-0.4, -0.2) is 58.0 Å². The summed E-state index contributed by atoms with van der Waals surface area (Å²) in [5.41, 5.74) is 0.811. The Bertz CT molecular complexity index is 1030. The Balaban J connectivity index is 1.45. The number of hydrogen-bond donors (Lipinski definition) is 0. The lowest BCUT2D eigenvalue weighted by Crippen LogP contribution is -2.48. The van der Waals surface area contributed by atoms with Crippen LogP contribution in [0.4, 0.5) is 0 Å². The molecule has 4 rings (SSSR count). The molecule has 0 amide bonds. The molecular formula is C15H17N5O2S3. The minimum absolute atomic E-state index is 0.406. The summed E-state index contributed by atoms with van der Waals surface area (Å²) in [5, 5.41) is 6.30. The molecule has 4 heterocycles. The summed E-state index contributed by atoms with van der Waals surface area (Å²) in [7, 11) is -3.37. The van der Waals surface area contributed by atoms with Crippen LogP contribution in [-0.2, 0) is 16.7 Å². The summed E-state index contributed by atoms with van der Waals surface area (Å²) >= 11 is 6.72. The third-order valence-electron chi connectivity index (χ3n) is 4.24. The molecule has 0 atom stereocenters. The number of nitrogens with zero attached hydrogens (tertiary/aromatic N) is 5. The third-order valence-corrected chi connectivity index (χ3v) is 7.92. The van der Waals surface area contributed by atoms with Gasteiger partial charge in [0.25, 0.3) is 10.0 Å². The highest BCUT2D eigenvalue weighted by Crippen LogP contribution is 2.22. The van der Waals surface area contributed by atoms with Gasteiger partial charge in [-0.3, -0.25) is 9.30 Å². The minimum Gasteiger partial charge on any atom is -0.282 e. The molecule has 0 saturated carbocycles. The number of sulfonamides is 1. The number of thiophene rings is 1. The Morgan fingerprint density at radius 1 is 1.12 bits per heavy atom. The number of piperazine rings is 1. The van der Waals surface area contributed by atoms with Crippen LogP contribution in [0.3, 0.4) is 0 Å². The Morgan fingerprint density at radius 3 is 2.60 bits per heavy atom. The number of aromatic nitrogens is 3. The van der Waals surface area contributed by atoms with Crippen molar-refractivity contribution in [2.45, 2.75) is 10.9 Å². The van der Waals surface area contributed by atoms with E-state index in [1.807, 2.05) is 28.8 Å². The molecule has 1 fully saturated rings. The SMILES string of the molecule is O=S(=O)(c1cccs1)N1CCN(Cn2nc3ccccn3c2=S)CC1. The number of rotatable bonds is 4. The van der Waals surface area contributed by atoms with Gasteiger partial charge in [-0.1, -0.05) is 12.1 Å². The first-order chi connectivity index (χ1) is 12.1. The Hall–Kier alpha value is -1.59. The van der Waals surface area contributed by atoms with Gasteiger partial charge in [-0.15, -0.1) is 11.3 Å². The molecule has 3 aromatic rings. The van der Waals surface area contributed by atoms with Crippen molar-refractivity contribution in [2.75, 3.05) is 26.2 Å². The highest BCUT2D eigenvalue weighted by Gasteiger charge is 2.29. The first-order valence-corrected chi connectivity index (χ1v) is 10.6. The molecule has 1 aliphatic rings. The highest BCUT2D eigenvalue weighted by molar-refractivity contribution is 7.91. The van der Waals surface area contributed by atoms with Crippen molar-refractivity contribution < 1.29 is 8.42 Å². The summed E-state index contributed by atoms with van der Waals surface area (Å²) < 4.78 is 31.4. The Kier molecular flexibility index (Phi) is 4.46. The van der Waals surface area contributed by atoms with E-state index in [1.54, 1.807) is 26.5 Å². The summed E-state index contributed by atoms with van der Waals surface area (Å²) in [6, 6.07) is 9.18. The zero-order chi connectivity index (χ0) is 17.4. The number of hydrogen-bond acceptors (Lipinski definition) is 6. The zero-order valence-corrected chi connectivity index (χ0v) is 15.8. The largest absolute Gasteiger partial charge is 0.282 e. The second-order valence-corrected chi connectivity index (χ2v) is 9.28.